The number of H-pyrrole nitrogens is 1. The number of aromatic nitrogens is 3. The van der Waals surface area contributed by atoms with Gasteiger partial charge in [0.2, 0.25) is 0 Å². The maximum Gasteiger partial charge on any atom is 0.410 e. The van der Waals surface area contributed by atoms with Crippen LogP contribution in [0.15, 0.2) is 41.3 Å². The van der Waals surface area contributed by atoms with Crippen molar-refractivity contribution in [1.82, 2.24) is 35.0 Å². The molecular weight excluding hydrogens is 548 g/mol. The van der Waals surface area contributed by atoms with Crippen LogP contribution >= 0.6 is 0 Å². The van der Waals surface area contributed by atoms with Gasteiger partial charge in [-0.3, -0.25) is 9.55 Å². The number of ether oxygens (including phenoxy) is 1. The Kier molecular flexibility index (Phi) is 8.09. The minimum Gasteiger partial charge on any atom is -0.445 e. The number of rotatable bonds is 4. The molecule has 0 bridgehead atoms. The third-order valence-electron chi connectivity index (χ3n) is 8.64. The Morgan fingerprint density at radius 3 is 2.62 bits per heavy atom. The van der Waals surface area contributed by atoms with Crippen LogP contribution in [0.1, 0.15) is 49.6 Å². The number of fused-ring (bicyclic) bond motifs is 1. The fourth-order valence-corrected chi connectivity index (χ4v) is 6.41. The minimum absolute atomic E-state index is 0.0605. The van der Waals surface area contributed by atoms with E-state index in [2.05, 4.69) is 20.6 Å². The van der Waals surface area contributed by atoms with Crippen LogP contribution in [-0.4, -0.2) is 87.9 Å². The number of likely N-dealkylation sites (tertiary alicyclic amines) is 2. The van der Waals surface area contributed by atoms with Gasteiger partial charge in [-0.15, -0.1) is 0 Å². The van der Waals surface area contributed by atoms with Crippen LogP contribution in [0.5, 0.6) is 0 Å². The molecule has 6 rings (SSSR count). The molecule has 3 atom stereocenters. The summed E-state index contributed by atoms with van der Waals surface area (Å²) in [5.74, 6) is -2.29. The molecule has 1 unspecified atom stereocenters. The maximum absolute atomic E-state index is 14.7. The van der Waals surface area contributed by atoms with Crippen LogP contribution in [0.4, 0.5) is 18.4 Å². The van der Waals surface area contributed by atoms with Crippen molar-refractivity contribution in [3.63, 3.8) is 0 Å². The largest absolute Gasteiger partial charge is 0.445 e. The second-order valence-electron chi connectivity index (χ2n) is 11.4. The normalized spacial score (nSPS) is 23.6. The predicted molar refractivity (Wildman–Crippen MR) is 150 cm³/mol. The van der Waals surface area contributed by atoms with Crippen LogP contribution in [0.25, 0.3) is 11.2 Å². The Hall–Kier alpha value is -4.00. The van der Waals surface area contributed by atoms with E-state index in [9.17, 15) is 23.2 Å². The number of halogens is 2. The summed E-state index contributed by atoms with van der Waals surface area (Å²) in [5, 5.41) is 6.23. The van der Waals surface area contributed by atoms with Gasteiger partial charge in [-0.05, 0) is 62.4 Å². The molecular formula is C29H35F2N7O4. The monoisotopic (exact) mass is 583 g/mol. The van der Waals surface area contributed by atoms with Crippen LogP contribution in [0, 0.1) is 11.6 Å². The van der Waals surface area contributed by atoms with Crippen molar-refractivity contribution in [2.75, 3.05) is 39.3 Å². The topological polar surface area (TPSA) is 125 Å². The van der Waals surface area contributed by atoms with Crippen LogP contribution in [0.3, 0.4) is 0 Å². The fraction of sp³-hybridized carbons (Fsp3) is 0.517. The van der Waals surface area contributed by atoms with Gasteiger partial charge >= 0.3 is 17.8 Å². The molecule has 0 aliphatic carbocycles. The molecule has 0 saturated carbocycles. The van der Waals surface area contributed by atoms with E-state index in [1.165, 1.54) is 11.0 Å². The van der Waals surface area contributed by atoms with Gasteiger partial charge in [-0.25, -0.2) is 28.1 Å². The molecule has 3 aromatic rings. The van der Waals surface area contributed by atoms with Gasteiger partial charge in [-0.1, -0.05) is 12.1 Å². The van der Waals surface area contributed by atoms with Gasteiger partial charge in [0.1, 0.15) is 6.10 Å². The van der Waals surface area contributed by atoms with E-state index in [0.717, 1.165) is 18.1 Å². The number of nitrogens with one attached hydrogen (secondary N) is 3. The van der Waals surface area contributed by atoms with Gasteiger partial charge in [-0.2, -0.15) is 0 Å². The molecule has 3 aliphatic heterocycles. The Bertz CT molecular complexity index is 1500. The first-order chi connectivity index (χ1) is 20.4. The van der Waals surface area contributed by atoms with E-state index < -0.39 is 29.7 Å². The smallest absolute Gasteiger partial charge is 0.410 e. The molecule has 11 nitrogen and oxygen atoms in total. The highest BCUT2D eigenvalue weighted by atomic mass is 19.2. The molecule has 5 heterocycles. The zero-order valence-electron chi connectivity index (χ0n) is 23.2. The van der Waals surface area contributed by atoms with Crippen LogP contribution < -0.4 is 16.3 Å². The Morgan fingerprint density at radius 1 is 1.00 bits per heavy atom. The molecule has 13 heteroatoms. The Labute approximate surface area is 241 Å². The summed E-state index contributed by atoms with van der Waals surface area (Å²) >= 11 is 0. The molecule has 2 aromatic heterocycles. The van der Waals surface area contributed by atoms with Crippen molar-refractivity contribution in [3.05, 3.63) is 64.2 Å². The molecule has 0 radical (unpaired) electrons. The standard InChI is InChI=1S/C29H35F2N7O4/c30-23-4-1-3-22(25(23)31)18-6-7-19(17-37(16-18)29(41)42-21-8-12-32-15-21)34-27(39)36-13-9-20(10-14-36)38-24-5-2-11-33-26(24)35-28(38)40/h1-5,11,18-21,32H,6-10,12-17H2,(H,34,39)(H,33,35,40)/t18-,19-,21?/m1/s1. The van der Waals surface area contributed by atoms with E-state index in [0.29, 0.717) is 57.4 Å². The highest BCUT2D eigenvalue weighted by molar-refractivity contribution is 5.75. The third-order valence-corrected chi connectivity index (χ3v) is 8.64. The first-order valence-electron chi connectivity index (χ1n) is 14.6. The van der Waals surface area contributed by atoms with Gasteiger partial charge in [0.25, 0.3) is 0 Å². The minimum atomic E-state index is -0.928. The van der Waals surface area contributed by atoms with Gasteiger partial charge in [0.15, 0.2) is 17.3 Å². The second kappa shape index (κ2) is 12.1. The molecule has 3 amide bonds. The summed E-state index contributed by atoms with van der Waals surface area (Å²) in [6.07, 6.45) is 3.72. The molecule has 3 saturated heterocycles. The van der Waals surface area contributed by atoms with Gasteiger partial charge in [0, 0.05) is 56.9 Å². The van der Waals surface area contributed by atoms with Gasteiger partial charge < -0.3 is 25.2 Å². The first-order valence-corrected chi connectivity index (χ1v) is 14.6. The summed E-state index contributed by atoms with van der Waals surface area (Å²) in [7, 11) is 0. The zero-order valence-corrected chi connectivity index (χ0v) is 23.2. The van der Waals surface area contributed by atoms with Crippen molar-refractivity contribution < 1.29 is 23.1 Å². The van der Waals surface area contributed by atoms with E-state index in [1.54, 1.807) is 27.8 Å². The van der Waals surface area contributed by atoms with Crippen molar-refractivity contribution in [3.8, 4) is 0 Å². The number of imidazole rings is 1. The number of urea groups is 1. The number of piperidine rings is 1. The number of amides is 3. The lowest BCUT2D eigenvalue weighted by Crippen LogP contribution is -2.51. The molecule has 42 heavy (non-hydrogen) atoms. The first kappa shape index (κ1) is 28.1. The maximum atomic E-state index is 14.7. The van der Waals surface area contributed by atoms with Gasteiger partial charge in [0.05, 0.1) is 5.52 Å². The van der Waals surface area contributed by atoms with E-state index >= 15 is 0 Å². The van der Waals surface area contributed by atoms with Crippen molar-refractivity contribution >= 4 is 23.3 Å². The molecule has 3 N–H and O–H groups in total. The van der Waals surface area contributed by atoms with Crippen LogP contribution in [0.2, 0.25) is 0 Å². The van der Waals surface area contributed by atoms with E-state index in [1.807, 2.05) is 6.07 Å². The highest BCUT2D eigenvalue weighted by Gasteiger charge is 2.34. The third kappa shape index (κ3) is 5.83. The fourth-order valence-electron chi connectivity index (χ4n) is 6.41. The zero-order chi connectivity index (χ0) is 29.2. The van der Waals surface area contributed by atoms with Crippen molar-refractivity contribution in [1.29, 1.82) is 0 Å². The molecule has 0 spiro atoms. The lowest BCUT2D eigenvalue weighted by Gasteiger charge is -2.34. The molecule has 1 aromatic carbocycles. The summed E-state index contributed by atoms with van der Waals surface area (Å²) < 4.78 is 36.2. The molecule has 3 fully saturated rings. The lowest BCUT2D eigenvalue weighted by molar-refractivity contribution is 0.0678. The Morgan fingerprint density at radius 2 is 1.83 bits per heavy atom. The molecule has 224 valence electrons. The van der Waals surface area contributed by atoms with E-state index in [4.69, 9.17) is 4.74 Å². The number of hydrogen-bond acceptors (Lipinski definition) is 6. The number of carbonyl (C=O) groups is 2. The lowest BCUT2D eigenvalue weighted by atomic mass is 9.93. The predicted octanol–water partition coefficient (Wildman–Crippen LogP) is 3.10. The number of benzene rings is 1. The Balaban J connectivity index is 1.12. The number of carbonyl (C=O) groups excluding carboxylic acids is 2. The average molecular weight is 584 g/mol. The van der Waals surface area contributed by atoms with Crippen LogP contribution in [-0.2, 0) is 4.74 Å². The average Bonchev–Trinajstić information content (AvgIpc) is 3.56. The SMILES string of the molecule is O=C(N[C@@H]1CC[C@@H](c2cccc(F)c2F)CN(C(=O)OC2CCNC2)C1)N1CCC(n2c(=O)[nH]c3ncccc32)CC1. The van der Waals surface area contributed by atoms with Crippen molar-refractivity contribution in [2.24, 2.45) is 0 Å². The highest BCUT2D eigenvalue weighted by Crippen LogP contribution is 2.30. The summed E-state index contributed by atoms with van der Waals surface area (Å²) in [6, 6.07) is 7.03. The quantitative estimate of drug-likeness (QED) is 0.434. The number of pyridine rings is 1. The van der Waals surface area contributed by atoms with E-state index in [-0.39, 0.29) is 42.5 Å². The molecule has 3 aliphatic rings. The summed E-state index contributed by atoms with van der Waals surface area (Å²) in [6.45, 7) is 2.60. The van der Waals surface area contributed by atoms with Crippen molar-refractivity contribution in [2.45, 2.75) is 56.2 Å². The number of aromatic amines is 1. The second-order valence-corrected chi connectivity index (χ2v) is 11.4. The number of hydrogen-bond donors (Lipinski definition) is 3. The summed E-state index contributed by atoms with van der Waals surface area (Å²) in [5.41, 5.74) is 1.29. The number of nitrogens with zero attached hydrogens (tertiary/aromatic N) is 4. The summed E-state index contributed by atoms with van der Waals surface area (Å²) in [4.78, 5) is 49.4.